The third-order valence-corrected chi connectivity index (χ3v) is 6.40. The summed E-state index contributed by atoms with van der Waals surface area (Å²) in [6.07, 6.45) is 4.40. The Morgan fingerprint density at radius 2 is 2.12 bits per heavy atom. The monoisotopic (exact) mass is 377 g/mol. The van der Waals surface area contributed by atoms with Gasteiger partial charge in [-0.25, -0.2) is 0 Å². The summed E-state index contributed by atoms with van der Waals surface area (Å²) in [5, 5.41) is 7.74. The highest BCUT2D eigenvalue weighted by Gasteiger charge is 2.30. The first-order valence-electron chi connectivity index (χ1n) is 8.56. The molecule has 1 aliphatic heterocycles. The van der Waals surface area contributed by atoms with Gasteiger partial charge in [0.1, 0.15) is 11.3 Å². The van der Waals surface area contributed by atoms with Crippen molar-refractivity contribution in [2.24, 2.45) is 0 Å². The standard InChI is InChI=1S/C18H23N3O2S2/c1-13(25-18-20-19-12-24-18)17(22)21-11-5-3-4-6-16(21)14-7-9-15(23-2)10-8-14/h7-10,12-13,16H,3-6,11H2,1-2H3/t13-,16+/m1/s1. The van der Waals surface area contributed by atoms with Crippen LogP contribution < -0.4 is 4.74 Å². The fourth-order valence-corrected chi connectivity index (χ4v) is 4.89. The maximum atomic E-state index is 13.1. The molecule has 2 aromatic rings. The summed E-state index contributed by atoms with van der Waals surface area (Å²) >= 11 is 2.97. The smallest absolute Gasteiger partial charge is 0.236 e. The van der Waals surface area contributed by atoms with E-state index < -0.39 is 0 Å². The lowest BCUT2D eigenvalue weighted by molar-refractivity contribution is -0.132. The molecule has 1 aromatic carbocycles. The molecule has 0 bridgehead atoms. The first-order chi connectivity index (χ1) is 12.2. The summed E-state index contributed by atoms with van der Waals surface area (Å²) in [6, 6.07) is 8.25. The maximum absolute atomic E-state index is 13.1. The SMILES string of the molecule is COc1ccc([C@@H]2CCCCCN2C(=O)[C@@H](C)Sc2nncs2)cc1. The van der Waals surface area contributed by atoms with Crippen molar-refractivity contribution in [2.45, 2.75) is 48.2 Å². The Labute approximate surface area is 156 Å². The van der Waals surface area contributed by atoms with Crippen LogP contribution in [0.3, 0.4) is 0 Å². The van der Waals surface area contributed by atoms with Crippen molar-refractivity contribution in [2.75, 3.05) is 13.7 Å². The number of rotatable bonds is 5. The van der Waals surface area contributed by atoms with Crippen LogP contribution in [0.25, 0.3) is 0 Å². The Bertz CT molecular complexity index is 676. The van der Waals surface area contributed by atoms with Crippen LogP contribution in [0.4, 0.5) is 0 Å². The number of thioether (sulfide) groups is 1. The van der Waals surface area contributed by atoms with E-state index in [-0.39, 0.29) is 17.2 Å². The van der Waals surface area contributed by atoms with Gasteiger partial charge >= 0.3 is 0 Å². The molecule has 1 fully saturated rings. The van der Waals surface area contributed by atoms with Crippen LogP contribution in [0.15, 0.2) is 34.1 Å². The second kappa shape index (κ2) is 8.67. The average molecular weight is 378 g/mol. The molecule has 25 heavy (non-hydrogen) atoms. The van der Waals surface area contributed by atoms with E-state index in [2.05, 4.69) is 27.2 Å². The number of methoxy groups -OCH3 is 1. The van der Waals surface area contributed by atoms with E-state index >= 15 is 0 Å². The maximum Gasteiger partial charge on any atom is 0.236 e. The zero-order chi connectivity index (χ0) is 17.6. The minimum absolute atomic E-state index is 0.137. The van der Waals surface area contributed by atoms with Crippen LogP contribution in [0.2, 0.25) is 0 Å². The van der Waals surface area contributed by atoms with Gasteiger partial charge < -0.3 is 9.64 Å². The highest BCUT2D eigenvalue weighted by atomic mass is 32.2. The lowest BCUT2D eigenvalue weighted by Crippen LogP contribution is -2.39. The van der Waals surface area contributed by atoms with Crippen molar-refractivity contribution < 1.29 is 9.53 Å². The summed E-state index contributed by atoms with van der Waals surface area (Å²) in [5.74, 6) is 1.03. The van der Waals surface area contributed by atoms with E-state index in [0.29, 0.717) is 0 Å². The molecule has 1 aliphatic rings. The fourth-order valence-electron chi connectivity index (χ4n) is 3.19. The van der Waals surface area contributed by atoms with E-state index in [9.17, 15) is 4.79 Å². The fraction of sp³-hybridized carbons (Fsp3) is 0.500. The Morgan fingerprint density at radius 3 is 2.80 bits per heavy atom. The Balaban J connectivity index is 1.77. The average Bonchev–Trinajstić information content (AvgIpc) is 3.03. The molecule has 1 saturated heterocycles. The van der Waals surface area contributed by atoms with E-state index in [1.54, 1.807) is 12.6 Å². The van der Waals surface area contributed by atoms with Crippen LogP contribution in [0, 0.1) is 0 Å². The number of carbonyl (C=O) groups excluding carboxylic acids is 1. The van der Waals surface area contributed by atoms with Gasteiger partial charge in [0.25, 0.3) is 0 Å². The highest BCUT2D eigenvalue weighted by Crippen LogP contribution is 2.34. The first-order valence-corrected chi connectivity index (χ1v) is 10.3. The summed E-state index contributed by atoms with van der Waals surface area (Å²) in [7, 11) is 1.67. The lowest BCUT2D eigenvalue weighted by atomic mass is 10.0. The molecule has 0 aliphatic carbocycles. The molecule has 2 heterocycles. The first kappa shape index (κ1) is 18.2. The molecule has 2 atom stereocenters. The molecule has 0 saturated carbocycles. The van der Waals surface area contributed by atoms with Crippen molar-refractivity contribution in [3.8, 4) is 5.75 Å². The molecule has 7 heteroatoms. The van der Waals surface area contributed by atoms with Crippen LogP contribution in [-0.2, 0) is 4.79 Å². The zero-order valence-corrected chi connectivity index (χ0v) is 16.2. The van der Waals surface area contributed by atoms with Crippen molar-refractivity contribution in [1.82, 2.24) is 15.1 Å². The largest absolute Gasteiger partial charge is 0.497 e. The number of hydrogen-bond acceptors (Lipinski definition) is 6. The minimum Gasteiger partial charge on any atom is -0.497 e. The van der Waals surface area contributed by atoms with E-state index in [1.807, 2.05) is 19.1 Å². The topological polar surface area (TPSA) is 55.3 Å². The van der Waals surface area contributed by atoms with Crippen molar-refractivity contribution in [3.05, 3.63) is 35.3 Å². The van der Waals surface area contributed by atoms with Crippen LogP contribution in [0.5, 0.6) is 5.75 Å². The number of nitrogens with zero attached hydrogens (tertiary/aromatic N) is 3. The zero-order valence-electron chi connectivity index (χ0n) is 14.6. The van der Waals surface area contributed by atoms with Gasteiger partial charge in [0.2, 0.25) is 5.91 Å². The number of hydrogen-bond donors (Lipinski definition) is 0. The van der Waals surface area contributed by atoms with Gasteiger partial charge in [0, 0.05) is 6.54 Å². The quantitative estimate of drug-likeness (QED) is 0.732. The van der Waals surface area contributed by atoms with Crippen LogP contribution in [-0.4, -0.2) is 39.9 Å². The number of ether oxygens (including phenoxy) is 1. The van der Waals surface area contributed by atoms with Crippen molar-refractivity contribution in [3.63, 3.8) is 0 Å². The Hall–Kier alpha value is -1.60. The number of aromatic nitrogens is 2. The molecule has 3 rings (SSSR count). The van der Waals surface area contributed by atoms with E-state index in [1.165, 1.54) is 35.1 Å². The van der Waals surface area contributed by atoms with Crippen LogP contribution >= 0.6 is 23.1 Å². The third kappa shape index (κ3) is 4.52. The van der Waals surface area contributed by atoms with Crippen molar-refractivity contribution >= 4 is 29.0 Å². The molecular weight excluding hydrogens is 354 g/mol. The minimum atomic E-state index is -0.160. The number of likely N-dealkylation sites (tertiary alicyclic amines) is 1. The lowest BCUT2D eigenvalue weighted by Gasteiger charge is -2.32. The normalized spacial score (nSPS) is 19.3. The molecule has 0 spiro atoms. The second-order valence-electron chi connectivity index (χ2n) is 6.13. The summed E-state index contributed by atoms with van der Waals surface area (Å²) in [5.41, 5.74) is 2.88. The van der Waals surface area contributed by atoms with Crippen LogP contribution in [0.1, 0.15) is 44.2 Å². The molecule has 0 unspecified atom stereocenters. The predicted octanol–water partition coefficient (Wildman–Crippen LogP) is 4.17. The second-order valence-corrected chi connectivity index (χ2v) is 8.56. The van der Waals surface area contributed by atoms with Gasteiger partial charge in [-0.3, -0.25) is 4.79 Å². The van der Waals surface area contributed by atoms with Gasteiger partial charge in [-0.2, -0.15) is 0 Å². The molecule has 1 amide bonds. The molecule has 5 nitrogen and oxygen atoms in total. The van der Waals surface area contributed by atoms with E-state index in [4.69, 9.17) is 4.74 Å². The number of amides is 1. The predicted molar refractivity (Wildman–Crippen MR) is 101 cm³/mol. The molecule has 1 aromatic heterocycles. The van der Waals surface area contributed by atoms with E-state index in [0.717, 1.165) is 35.9 Å². The van der Waals surface area contributed by atoms with Gasteiger partial charge in [0.05, 0.1) is 18.4 Å². The molecule has 134 valence electrons. The van der Waals surface area contributed by atoms with Gasteiger partial charge in [0.15, 0.2) is 4.34 Å². The molecule has 0 N–H and O–H groups in total. The molecule has 0 radical (unpaired) electrons. The third-order valence-electron chi connectivity index (χ3n) is 4.50. The van der Waals surface area contributed by atoms with Crippen molar-refractivity contribution in [1.29, 1.82) is 0 Å². The van der Waals surface area contributed by atoms with Gasteiger partial charge in [-0.15, -0.1) is 10.2 Å². The summed E-state index contributed by atoms with van der Waals surface area (Å²) in [4.78, 5) is 15.2. The summed E-state index contributed by atoms with van der Waals surface area (Å²) < 4.78 is 6.10. The Morgan fingerprint density at radius 1 is 1.32 bits per heavy atom. The number of benzene rings is 1. The number of carbonyl (C=O) groups is 1. The van der Waals surface area contributed by atoms with Gasteiger partial charge in [-0.05, 0) is 37.5 Å². The summed E-state index contributed by atoms with van der Waals surface area (Å²) in [6.45, 7) is 2.78. The molecular formula is C18H23N3O2S2. The highest BCUT2D eigenvalue weighted by molar-refractivity contribution is 8.02. The Kier molecular flexibility index (Phi) is 6.31. The van der Waals surface area contributed by atoms with Gasteiger partial charge in [-0.1, -0.05) is 48.1 Å².